The predicted molar refractivity (Wildman–Crippen MR) is 106 cm³/mol. The lowest BCUT2D eigenvalue weighted by atomic mass is 9.78. The minimum Gasteiger partial charge on any atom is -0.0761 e. The molecule has 0 aliphatic heterocycles. The molecule has 2 atom stereocenters. The Hall–Kier alpha value is -1.86. The maximum Gasteiger partial charge on any atom is 0.0381 e. The lowest BCUT2D eigenvalue weighted by Gasteiger charge is -2.29. The van der Waals surface area contributed by atoms with Crippen LogP contribution in [0.2, 0.25) is 12.1 Å². The van der Waals surface area contributed by atoms with Gasteiger partial charge in [-0.2, -0.15) is 0 Å². The summed E-state index contributed by atoms with van der Waals surface area (Å²) in [5, 5.41) is 0. The van der Waals surface area contributed by atoms with Gasteiger partial charge in [-0.05, 0) is 28.2 Å². The molecule has 120 valence electrons. The predicted octanol–water partition coefficient (Wildman–Crippen LogP) is 6.17. The first-order chi connectivity index (χ1) is 11.9. The molecule has 2 unspecified atom stereocenters. The SMILES string of the molecule is CCC[Si]CC(C1C=Cc2ccccc21)C1C=Cc2ccccc21. The van der Waals surface area contributed by atoms with Crippen LogP contribution in [0, 0.1) is 5.92 Å². The van der Waals surface area contributed by atoms with Gasteiger partial charge in [0, 0.05) is 21.4 Å². The van der Waals surface area contributed by atoms with Gasteiger partial charge in [0.25, 0.3) is 0 Å². The van der Waals surface area contributed by atoms with E-state index in [1.807, 2.05) is 0 Å². The van der Waals surface area contributed by atoms with Crippen LogP contribution in [0.4, 0.5) is 0 Å². The molecule has 0 saturated carbocycles. The third kappa shape index (κ3) is 2.82. The van der Waals surface area contributed by atoms with E-state index >= 15 is 0 Å². The van der Waals surface area contributed by atoms with Crippen molar-refractivity contribution in [1.29, 1.82) is 0 Å². The second-order valence-corrected chi connectivity index (χ2v) is 8.30. The lowest BCUT2D eigenvalue weighted by Crippen LogP contribution is -2.19. The average Bonchev–Trinajstić information content (AvgIpc) is 3.24. The second kappa shape index (κ2) is 6.94. The minimum absolute atomic E-state index is 0.561. The zero-order valence-corrected chi connectivity index (χ0v) is 15.3. The van der Waals surface area contributed by atoms with Crippen LogP contribution in [0.1, 0.15) is 47.4 Å². The van der Waals surface area contributed by atoms with E-state index in [9.17, 15) is 0 Å². The number of hydrogen-bond donors (Lipinski definition) is 0. The number of fused-ring (bicyclic) bond motifs is 2. The highest BCUT2D eigenvalue weighted by Crippen LogP contribution is 2.47. The Morgan fingerprint density at radius 3 is 1.92 bits per heavy atom. The van der Waals surface area contributed by atoms with Crippen LogP contribution in [-0.4, -0.2) is 9.52 Å². The molecule has 2 radical (unpaired) electrons. The zero-order valence-electron chi connectivity index (χ0n) is 14.3. The van der Waals surface area contributed by atoms with E-state index in [0.29, 0.717) is 17.8 Å². The first-order valence-corrected chi connectivity index (χ1v) is 10.5. The molecule has 2 aliphatic carbocycles. The van der Waals surface area contributed by atoms with E-state index in [2.05, 4.69) is 79.8 Å². The molecule has 24 heavy (non-hydrogen) atoms. The molecule has 0 N–H and O–H groups in total. The summed E-state index contributed by atoms with van der Waals surface area (Å²) in [7, 11) is 1.07. The van der Waals surface area contributed by atoms with Crippen LogP contribution in [0.15, 0.2) is 60.7 Å². The van der Waals surface area contributed by atoms with Crippen LogP contribution < -0.4 is 0 Å². The van der Waals surface area contributed by atoms with Gasteiger partial charge in [0.2, 0.25) is 0 Å². The third-order valence-electron chi connectivity index (χ3n) is 5.41. The van der Waals surface area contributed by atoms with Crippen LogP contribution in [-0.2, 0) is 0 Å². The molecule has 0 heterocycles. The summed E-state index contributed by atoms with van der Waals surface area (Å²) in [6.07, 6.45) is 10.9. The van der Waals surface area contributed by atoms with Crippen molar-refractivity contribution in [3.8, 4) is 0 Å². The van der Waals surface area contributed by atoms with Crippen molar-refractivity contribution in [1.82, 2.24) is 0 Å². The summed E-state index contributed by atoms with van der Waals surface area (Å²) in [6.45, 7) is 2.30. The minimum atomic E-state index is 0.561. The van der Waals surface area contributed by atoms with Crippen molar-refractivity contribution >= 4 is 21.7 Å². The van der Waals surface area contributed by atoms with Gasteiger partial charge in [0.15, 0.2) is 0 Å². The maximum atomic E-state index is 2.46. The van der Waals surface area contributed by atoms with Crippen molar-refractivity contribution in [3.05, 3.63) is 82.9 Å². The molecular weight excluding hydrogens is 304 g/mol. The first kappa shape index (κ1) is 15.7. The Morgan fingerprint density at radius 2 is 1.38 bits per heavy atom. The standard InChI is InChI=1S/C23H24Si/c1-2-15-24-16-23(21-13-11-17-7-3-5-9-19(17)21)22-14-12-18-8-4-6-10-20(18)22/h3-14,21-23H,2,15-16H2,1H3. The largest absolute Gasteiger partial charge is 0.0761 e. The monoisotopic (exact) mass is 328 g/mol. The molecule has 0 fully saturated rings. The second-order valence-electron chi connectivity index (χ2n) is 6.90. The van der Waals surface area contributed by atoms with E-state index in [0.717, 1.165) is 9.52 Å². The fourth-order valence-electron chi connectivity index (χ4n) is 4.22. The summed E-state index contributed by atoms with van der Waals surface area (Å²) in [6, 6.07) is 20.6. The topological polar surface area (TPSA) is 0 Å². The summed E-state index contributed by atoms with van der Waals surface area (Å²) in [5.74, 6) is 1.80. The highest BCUT2D eigenvalue weighted by molar-refractivity contribution is 6.35. The average molecular weight is 329 g/mol. The summed E-state index contributed by atoms with van der Waals surface area (Å²) < 4.78 is 0. The molecule has 0 amide bonds. The molecular formula is C23H24Si. The molecule has 0 aromatic heterocycles. The van der Waals surface area contributed by atoms with Gasteiger partial charge >= 0.3 is 0 Å². The first-order valence-electron chi connectivity index (χ1n) is 9.13. The molecule has 4 rings (SSSR count). The molecule has 2 aromatic carbocycles. The molecule has 0 bridgehead atoms. The van der Waals surface area contributed by atoms with E-state index in [1.165, 1.54) is 40.8 Å². The quantitative estimate of drug-likeness (QED) is 0.439. The molecule has 0 spiro atoms. The molecule has 0 saturated heterocycles. The van der Waals surface area contributed by atoms with Gasteiger partial charge in [0.1, 0.15) is 0 Å². The Labute approximate surface area is 148 Å². The number of benzene rings is 2. The van der Waals surface area contributed by atoms with Gasteiger partial charge in [-0.25, -0.2) is 0 Å². The Kier molecular flexibility index (Phi) is 4.53. The molecule has 0 nitrogen and oxygen atoms in total. The highest BCUT2D eigenvalue weighted by Gasteiger charge is 2.33. The van der Waals surface area contributed by atoms with Gasteiger partial charge in [-0.15, -0.1) is 0 Å². The van der Waals surface area contributed by atoms with Crippen molar-refractivity contribution in [2.75, 3.05) is 0 Å². The normalized spacial score (nSPS) is 21.7. The van der Waals surface area contributed by atoms with E-state index in [-0.39, 0.29) is 0 Å². The molecule has 1 heteroatoms. The lowest BCUT2D eigenvalue weighted by molar-refractivity contribution is 0.479. The van der Waals surface area contributed by atoms with Crippen LogP contribution in [0.3, 0.4) is 0 Å². The van der Waals surface area contributed by atoms with Gasteiger partial charge < -0.3 is 0 Å². The Balaban J connectivity index is 1.66. The van der Waals surface area contributed by atoms with Crippen molar-refractivity contribution in [2.45, 2.75) is 37.3 Å². The van der Waals surface area contributed by atoms with Crippen LogP contribution in [0.25, 0.3) is 12.2 Å². The van der Waals surface area contributed by atoms with Gasteiger partial charge in [-0.1, -0.05) is 98.3 Å². The number of rotatable bonds is 6. The molecule has 2 aromatic rings. The van der Waals surface area contributed by atoms with Crippen LogP contribution in [0.5, 0.6) is 0 Å². The third-order valence-corrected chi connectivity index (χ3v) is 7.02. The summed E-state index contributed by atoms with van der Waals surface area (Å²) in [5.41, 5.74) is 5.89. The maximum absolute atomic E-state index is 2.46. The number of hydrogen-bond acceptors (Lipinski definition) is 0. The van der Waals surface area contributed by atoms with E-state index in [1.54, 1.807) is 0 Å². The fourth-order valence-corrected chi connectivity index (χ4v) is 5.62. The van der Waals surface area contributed by atoms with Crippen molar-refractivity contribution < 1.29 is 0 Å². The molecule has 2 aliphatic rings. The van der Waals surface area contributed by atoms with Crippen molar-refractivity contribution in [2.24, 2.45) is 5.92 Å². The Morgan fingerprint density at radius 1 is 0.833 bits per heavy atom. The van der Waals surface area contributed by atoms with Crippen molar-refractivity contribution in [3.63, 3.8) is 0 Å². The Bertz CT molecular complexity index is 710. The fraction of sp³-hybridized carbons (Fsp3) is 0.304. The smallest absolute Gasteiger partial charge is 0.0381 e. The van der Waals surface area contributed by atoms with Gasteiger partial charge in [0.05, 0.1) is 0 Å². The highest BCUT2D eigenvalue weighted by atomic mass is 28.2. The summed E-state index contributed by atoms with van der Waals surface area (Å²) in [4.78, 5) is 0. The van der Waals surface area contributed by atoms with E-state index in [4.69, 9.17) is 0 Å². The van der Waals surface area contributed by atoms with Gasteiger partial charge in [-0.3, -0.25) is 0 Å². The zero-order chi connectivity index (χ0) is 16.4. The van der Waals surface area contributed by atoms with E-state index < -0.39 is 0 Å². The van der Waals surface area contributed by atoms with Crippen LogP contribution >= 0.6 is 0 Å². The number of allylic oxidation sites excluding steroid dienone is 2. The summed E-state index contributed by atoms with van der Waals surface area (Å²) >= 11 is 0.